The summed E-state index contributed by atoms with van der Waals surface area (Å²) >= 11 is 0. The number of hydrogen-bond acceptors (Lipinski definition) is 1. The van der Waals surface area contributed by atoms with Crippen molar-refractivity contribution in [1.82, 2.24) is 0 Å². The Morgan fingerprint density at radius 1 is 0.667 bits per heavy atom. The van der Waals surface area contributed by atoms with Gasteiger partial charge in [-0.1, -0.05) is 48.5 Å². The van der Waals surface area contributed by atoms with Crippen molar-refractivity contribution in [2.75, 3.05) is 0 Å². The SMILES string of the molecule is O=C(c1ccc2ccc3cc4cccccc4c3cc12)C(F)(F)F. The molecule has 0 aliphatic carbocycles. The van der Waals surface area contributed by atoms with E-state index in [9.17, 15) is 18.0 Å². The van der Waals surface area contributed by atoms with E-state index in [0.717, 1.165) is 21.5 Å². The van der Waals surface area contributed by atoms with Crippen LogP contribution in [0.25, 0.3) is 32.3 Å². The van der Waals surface area contributed by atoms with Crippen molar-refractivity contribution >= 4 is 38.1 Å². The van der Waals surface area contributed by atoms with Gasteiger partial charge in [0.1, 0.15) is 0 Å². The lowest BCUT2D eigenvalue weighted by Crippen LogP contribution is -2.22. The van der Waals surface area contributed by atoms with E-state index < -0.39 is 12.0 Å². The number of hydrogen-bond donors (Lipinski definition) is 0. The highest BCUT2D eigenvalue weighted by Crippen LogP contribution is 2.33. The first kappa shape index (κ1) is 14.7. The molecule has 0 amide bonds. The molecule has 4 aromatic carbocycles. The summed E-state index contributed by atoms with van der Waals surface area (Å²) in [6.45, 7) is 0. The van der Waals surface area contributed by atoms with Crippen molar-refractivity contribution < 1.29 is 18.0 Å². The Morgan fingerprint density at radius 2 is 1.33 bits per heavy atom. The van der Waals surface area contributed by atoms with E-state index in [2.05, 4.69) is 0 Å². The lowest BCUT2D eigenvalue weighted by Gasteiger charge is -2.03. The maximum absolute atomic E-state index is 12.8. The van der Waals surface area contributed by atoms with Crippen LogP contribution in [0, 0.1) is 0 Å². The van der Waals surface area contributed by atoms with Crippen molar-refractivity contribution in [3.63, 3.8) is 0 Å². The number of rotatable bonds is 1. The normalized spacial score (nSPS) is 12.1. The van der Waals surface area contributed by atoms with Crippen molar-refractivity contribution in [2.24, 2.45) is 0 Å². The Hall–Kier alpha value is -2.88. The van der Waals surface area contributed by atoms with Gasteiger partial charge in [-0.15, -0.1) is 0 Å². The zero-order valence-corrected chi connectivity index (χ0v) is 12.4. The van der Waals surface area contributed by atoms with E-state index in [1.165, 1.54) is 6.07 Å². The smallest absolute Gasteiger partial charge is 0.284 e. The minimum atomic E-state index is -4.88. The van der Waals surface area contributed by atoms with Crippen LogP contribution in [-0.2, 0) is 0 Å². The topological polar surface area (TPSA) is 17.1 Å². The lowest BCUT2D eigenvalue weighted by atomic mass is 10.1. The van der Waals surface area contributed by atoms with Crippen molar-refractivity contribution in [3.8, 4) is 0 Å². The molecule has 118 valence electrons. The maximum atomic E-state index is 12.8. The highest BCUT2D eigenvalue weighted by Gasteiger charge is 2.40. The zero-order valence-electron chi connectivity index (χ0n) is 12.4. The minimum absolute atomic E-state index is 0.301. The fraction of sp³-hybridized carbons (Fsp3) is 0.0500. The first-order valence-electron chi connectivity index (χ1n) is 7.41. The number of halogens is 3. The second kappa shape index (κ2) is 5.06. The Bertz CT molecular complexity index is 1110. The molecule has 0 bridgehead atoms. The van der Waals surface area contributed by atoms with Gasteiger partial charge < -0.3 is 0 Å². The van der Waals surface area contributed by atoms with Crippen LogP contribution in [0.4, 0.5) is 13.2 Å². The van der Waals surface area contributed by atoms with Crippen LogP contribution < -0.4 is 0 Å². The fourth-order valence-corrected chi connectivity index (χ4v) is 3.12. The molecule has 4 heteroatoms. The predicted molar refractivity (Wildman–Crippen MR) is 89.3 cm³/mol. The molecule has 0 aliphatic rings. The summed E-state index contributed by atoms with van der Waals surface area (Å²) in [6.07, 6.45) is -4.88. The lowest BCUT2D eigenvalue weighted by molar-refractivity contribution is -0.0884. The zero-order chi connectivity index (χ0) is 16.9. The van der Waals surface area contributed by atoms with Gasteiger partial charge in [-0.25, -0.2) is 0 Å². The Balaban J connectivity index is 2.11. The van der Waals surface area contributed by atoms with Gasteiger partial charge >= 0.3 is 6.18 Å². The van der Waals surface area contributed by atoms with Crippen LogP contribution in [0.5, 0.6) is 0 Å². The van der Waals surface area contributed by atoms with Crippen LogP contribution in [-0.4, -0.2) is 12.0 Å². The highest BCUT2D eigenvalue weighted by molar-refractivity contribution is 6.17. The van der Waals surface area contributed by atoms with Gasteiger partial charge in [0.25, 0.3) is 5.78 Å². The van der Waals surface area contributed by atoms with Gasteiger partial charge in [0.05, 0.1) is 0 Å². The van der Waals surface area contributed by atoms with E-state index in [0.29, 0.717) is 10.8 Å². The van der Waals surface area contributed by atoms with Gasteiger partial charge in [-0.05, 0) is 50.5 Å². The second-order valence-corrected chi connectivity index (χ2v) is 5.71. The standard InChI is InChI=1S/C20H11F3O/c21-20(22,23)19(24)16-9-8-12-6-7-14-10-13-4-2-1-3-5-15(13)18(14)11-17(12)16/h1-11H. The van der Waals surface area contributed by atoms with E-state index in [4.69, 9.17) is 0 Å². The maximum Gasteiger partial charge on any atom is 0.454 e. The first-order chi connectivity index (χ1) is 11.4. The number of carbonyl (C=O) groups excluding carboxylic acids is 1. The molecule has 0 atom stereocenters. The fourth-order valence-electron chi connectivity index (χ4n) is 3.12. The third kappa shape index (κ3) is 2.22. The van der Waals surface area contributed by atoms with Crippen molar-refractivity contribution in [1.29, 1.82) is 0 Å². The van der Waals surface area contributed by atoms with Gasteiger partial charge in [0.15, 0.2) is 0 Å². The molecule has 0 fully saturated rings. The molecular formula is C20H11F3O. The molecule has 4 rings (SSSR count). The molecule has 0 heterocycles. The molecule has 24 heavy (non-hydrogen) atoms. The third-order valence-electron chi connectivity index (χ3n) is 4.25. The number of ketones is 1. The summed E-state index contributed by atoms with van der Waals surface area (Å²) in [5, 5.41) is 4.65. The Labute approximate surface area is 135 Å². The van der Waals surface area contributed by atoms with Crippen LogP contribution in [0.3, 0.4) is 0 Å². The summed E-state index contributed by atoms with van der Waals surface area (Å²) < 4.78 is 38.5. The molecule has 0 unspecified atom stereocenters. The van der Waals surface area contributed by atoms with E-state index >= 15 is 0 Å². The number of fused-ring (bicyclic) bond motifs is 4. The molecule has 0 spiro atoms. The monoisotopic (exact) mass is 324 g/mol. The quantitative estimate of drug-likeness (QED) is 0.399. The number of Topliss-reactive ketones (excluding diaryl/α,β-unsaturated/α-hetero) is 1. The van der Waals surface area contributed by atoms with E-state index in [-0.39, 0.29) is 5.56 Å². The third-order valence-corrected chi connectivity index (χ3v) is 4.25. The average Bonchev–Trinajstić information content (AvgIpc) is 2.90. The van der Waals surface area contributed by atoms with Gasteiger partial charge in [-0.2, -0.15) is 13.2 Å². The van der Waals surface area contributed by atoms with Crippen molar-refractivity contribution in [3.05, 3.63) is 72.3 Å². The molecule has 0 saturated heterocycles. The molecule has 0 radical (unpaired) electrons. The van der Waals surface area contributed by atoms with Gasteiger partial charge in [0, 0.05) is 5.56 Å². The van der Waals surface area contributed by atoms with E-state index in [1.54, 1.807) is 18.2 Å². The molecule has 0 aliphatic heterocycles. The highest BCUT2D eigenvalue weighted by atomic mass is 19.4. The van der Waals surface area contributed by atoms with Crippen LogP contribution in [0.2, 0.25) is 0 Å². The van der Waals surface area contributed by atoms with Crippen LogP contribution in [0.15, 0.2) is 66.7 Å². The van der Waals surface area contributed by atoms with E-state index in [1.807, 2.05) is 42.5 Å². The largest absolute Gasteiger partial charge is 0.454 e. The molecular weight excluding hydrogens is 313 g/mol. The summed E-state index contributed by atoms with van der Waals surface area (Å²) in [5.41, 5.74) is -0.301. The van der Waals surface area contributed by atoms with Gasteiger partial charge in [-0.3, -0.25) is 4.79 Å². The molecule has 1 nitrogen and oxygen atoms in total. The summed E-state index contributed by atoms with van der Waals surface area (Å²) in [7, 11) is 0. The molecule has 4 aromatic rings. The van der Waals surface area contributed by atoms with Crippen LogP contribution in [0.1, 0.15) is 10.4 Å². The van der Waals surface area contributed by atoms with Gasteiger partial charge in [0.2, 0.25) is 0 Å². The Morgan fingerprint density at radius 3 is 2.12 bits per heavy atom. The van der Waals surface area contributed by atoms with Crippen LogP contribution >= 0.6 is 0 Å². The first-order valence-corrected chi connectivity index (χ1v) is 7.41. The molecule has 0 aromatic heterocycles. The Kier molecular flexibility index (Phi) is 3.10. The second-order valence-electron chi connectivity index (χ2n) is 5.71. The number of alkyl halides is 3. The predicted octanol–water partition coefficient (Wildman–Crippen LogP) is 5.89. The molecule has 0 N–H and O–H groups in total. The summed E-state index contributed by atoms with van der Waals surface area (Å²) in [5.74, 6) is -1.81. The number of carbonyl (C=O) groups is 1. The molecule has 0 saturated carbocycles. The minimum Gasteiger partial charge on any atom is -0.284 e. The summed E-state index contributed by atoms with van der Waals surface area (Å²) in [6, 6.07) is 19.7. The summed E-state index contributed by atoms with van der Waals surface area (Å²) in [4.78, 5) is 11.7. The average molecular weight is 324 g/mol. The van der Waals surface area contributed by atoms with Crippen molar-refractivity contribution in [2.45, 2.75) is 6.18 Å².